The molecule has 2 rings (SSSR count). The number of nitrogens with zero attached hydrogens (tertiary/aromatic N) is 1. The summed E-state index contributed by atoms with van der Waals surface area (Å²) in [5, 5.41) is 2.66. The molecule has 0 unspecified atom stereocenters. The van der Waals surface area contributed by atoms with Crippen molar-refractivity contribution in [3.63, 3.8) is 0 Å². The molecule has 1 aromatic rings. The number of rotatable bonds is 4. The summed E-state index contributed by atoms with van der Waals surface area (Å²) >= 11 is 4.82. The molecule has 21 heavy (non-hydrogen) atoms. The smallest absolute Gasteiger partial charge is 0.243 e. The number of hydrogen-bond acceptors (Lipinski definition) is 4. The van der Waals surface area contributed by atoms with Gasteiger partial charge in [-0.1, -0.05) is 24.4 Å². The number of carbonyl (C=O) groups is 1. The van der Waals surface area contributed by atoms with Crippen LogP contribution >= 0.6 is 12.2 Å². The second-order valence-corrected chi connectivity index (χ2v) is 7.25. The number of hydrogen-bond donors (Lipinski definition) is 2. The Morgan fingerprint density at radius 3 is 2.57 bits per heavy atom. The van der Waals surface area contributed by atoms with Crippen molar-refractivity contribution in [1.82, 2.24) is 9.62 Å². The van der Waals surface area contributed by atoms with Gasteiger partial charge < -0.3 is 11.1 Å². The Kier molecular flexibility index (Phi) is 4.92. The van der Waals surface area contributed by atoms with Crippen LogP contribution in [0.15, 0.2) is 29.2 Å². The van der Waals surface area contributed by atoms with Gasteiger partial charge in [-0.15, -0.1) is 0 Å². The van der Waals surface area contributed by atoms with Gasteiger partial charge in [0.2, 0.25) is 15.9 Å². The van der Waals surface area contributed by atoms with Crippen molar-refractivity contribution in [3.05, 3.63) is 29.8 Å². The van der Waals surface area contributed by atoms with Crippen LogP contribution in [0.2, 0.25) is 0 Å². The molecule has 0 radical (unpaired) electrons. The Bertz CT molecular complexity index is 641. The van der Waals surface area contributed by atoms with E-state index >= 15 is 0 Å². The van der Waals surface area contributed by atoms with Gasteiger partial charge >= 0.3 is 0 Å². The van der Waals surface area contributed by atoms with E-state index in [1.54, 1.807) is 24.3 Å². The number of amides is 1. The zero-order valence-corrected chi connectivity index (χ0v) is 13.0. The number of thiocarbonyl (C=S) groups is 1. The number of nitrogens with one attached hydrogen (secondary N) is 1. The van der Waals surface area contributed by atoms with Crippen molar-refractivity contribution in [3.8, 4) is 0 Å². The van der Waals surface area contributed by atoms with Gasteiger partial charge in [0.1, 0.15) is 0 Å². The number of sulfonamides is 1. The maximum atomic E-state index is 12.5. The fourth-order valence-corrected chi connectivity index (χ4v) is 3.72. The van der Waals surface area contributed by atoms with Crippen LogP contribution in [0.3, 0.4) is 0 Å². The molecule has 1 aliphatic heterocycles. The number of nitrogens with two attached hydrogens (primary N) is 1. The van der Waals surface area contributed by atoms with Gasteiger partial charge in [0.25, 0.3) is 0 Å². The molecule has 1 saturated heterocycles. The molecule has 3 N–H and O–H groups in total. The summed E-state index contributed by atoms with van der Waals surface area (Å²) in [6, 6.07) is 6.49. The molecule has 1 amide bonds. The fraction of sp³-hybridized carbons (Fsp3) is 0.385. The minimum Gasteiger partial charge on any atom is -0.393 e. The molecule has 114 valence electrons. The Balaban J connectivity index is 2.18. The lowest BCUT2D eigenvalue weighted by molar-refractivity contribution is -0.120. The van der Waals surface area contributed by atoms with Crippen LogP contribution in [0.5, 0.6) is 0 Å². The van der Waals surface area contributed by atoms with Crippen molar-refractivity contribution in [2.45, 2.75) is 17.7 Å². The van der Waals surface area contributed by atoms with Crippen LogP contribution in [0, 0.1) is 0 Å². The van der Waals surface area contributed by atoms with E-state index in [4.69, 9.17) is 18.0 Å². The minimum atomic E-state index is -3.58. The highest BCUT2D eigenvalue weighted by Crippen LogP contribution is 2.17. The predicted octanol–water partition coefficient (Wildman–Crippen LogP) is 0.0258. The van der Waals surface area contributed by atoms with Crippen LogP contribution in [0.1, 0.15) is 12.0 Å². The Labute approximate surface area is 129 Å². The molecule has 6 nitrogen and oxygen atoms in total. The van der Waals surface area contributed by atoms with Gasteiger partial charge in [0.05, 0.1) is 9.88 Å². The fourth-order valence-electron chi connectivity index (χ4n) is 2.12. The molecule has 0 saturated carbocycles. The lowest BCUT2D eigenvalue weighted by Gasteiger charge is -2.19. The molecule has 0 bridgehead atoms. The Morgan fingerprint density at radius 2 is 1.95 bits per heavy atom. The van der Waals surface area contributed by atoms with Crippen molar-refractivity contribution in [1.29, 1.82) is 0 Å². The summed E-state index contributed by atoms with van der Waals surface area (Å²) in [5.41, 5.74) is 6.33. The lowest BCUT2D eigenvalue weighted by Crippen LogP contribution is -2.34. The molecule has 0 aromatic heterocycles. The normalized spacial score (nSPS) is 17.0. The molecule has 1 fully saturated rings. The first-order chi connectivity index (χ1) is 9.89. The Hall–Kier alpha value is -1.51. The standard InChI is InChI=1S/C13H17N3O3S2/c14-12(20)9-10-1-3-11(4-2-10)21(18,19)16-7-5-13(17)15-6-8-16/h1-4H,5-9H2,(H2,14,20)(H,15,17). The molecule has 0 spiro atoms. The predicted molar refractivity (Wildman–Crippen MR) is 83.3 cm³/mol. The Morgan fingerprint density at radius 1 is 1.29 bits per heavy atom. The third-order valence-electron chi connectivity index (χ3n) is 3.21. The lowest BCUT2D eigenvalue weighted by atomic mass is 10.1. The maximum Gasteiger partial charge on any atom is 0.243 e. The van der Waals surface area contributed by atoms with Crippen LogP contribution in [0.25, 0.3) is 0 Å². The summed E-state index contributed by atoms with van der Waals surface area (Å²) in [6.45, 7) is 0.809. The molecular weight excluding hydrogens is 310 g/mol. The van der Waals surface area contributed by atoms with Crippen molar-refractivity contribution in [2.75, 3.05) is 19.6 Å². The van der Waals surface area contributed by atoms with Gasteiger partial charge in [0, 0.05) is 32.5 Å². The van der Waals surface area contributed by atoms with Crippen molar-refractivity contribution >= 4 is 33.1 Å². The van der Waals surface area contributed by atoms with Crippen LogP contribution in [0.4, 0.5) is 0 Å². The highest BCUT2D eigenvalue weighted by atomic mass is 32.2. The van der Waals surface area contributed by atoms with Crippen molar-refractivity contribution in [2.24, 2.45) is 5.73 Å². The first-order valence-electron chi connectivity index (χ1n) is 6.53. The van der Waals surface area contributed by atoms with E-state index in [1.807, 2.05) is 0 Å². The second kappa shape index (κ2) is 6.50. The van der Waals surface area contributed by atoms with E-state index in [2.05, 4.69) is 5.32 Å². The summed E-state index contributed by atoms with van der Waals surface area (Å²) < 4.78 is 26.4. The maximum absolute atomic E-state index is 12.5. The molecular formula is C13H17N3O3S2. The van der Waals surface area contributed by atoms with E-state index in [-0.39, 0.29) is 30.3 Å². The third-order valence-corrected chi connectivity index (χ3v) is 5.27. The van der Waals surface area contributed by atoms with Gasteiger partial charge in [-0.05, 0) is 17.7 Å². The van der Waals surface area contributed by atoms with E-state index in [9.17, 15) is 13.2 Å². The summed E-state index contributed by atoms with van der Waals surface area (Å²) in [5.74, 6) is -0.125. The molecule has 0 aliphatic carbocycles. The van der Waals surface area contributed by atoms with Gasteiger partial charge in [-0.25, -0.2) is 8.42 Å². The number of benzene rings is 1. The molecule has 0 atom stereocenters. The molecule has 1 aromatic carbocycles. The van der Waals surface area contributed by atoms with Crippen molar-refractivity contribution < 1.29 is 13.2 Å². The zero-order chi connectivity index (χ0) is 15.5. The third kappa shape index (κ3) is 3.99. The highest BCUT2D eigenvalue weighted by molar-refractivity contribution is 7.89. The second-order valence-electron chi connectivity index (χ2n) is 4.79. The average molecular weight is 327 g/mol. The largest absolute Gasteiger partial charge is 0.393 e. The minimum absolute atomic E-state index is 0.125. The quantitative estimate of drug-likeness (QED) is 0.761. The van der Waals surface area contributed by atoms with Gasteiger partial charge in [-0.2, -0.15) is 4.31 Å². The summed E-state index contributed by atoms with van der Waals surface area (Å²) in [6.07, 6.45) is 0.622. The highest BCUT2D eigenvalue weighted by Gasteiger charge is 2.26. The number of carbonyl (C=O) groups excluding carboxylic acids is 1. The van der Waals surface area contributed by atoms with Crippen LogP contribution < -0.4 is 11.1 Å². The van der Waals surface area contributed by atoms with E-state index < -0.39 is 10.0 Å². The van der Waals surface area contributed by atoms with Gasteiger partial charge in [0.15, 0.2) is 0 Å². The monoisotopic (exact) mass is 327 g/mol. The van der Waals surface area contributed by atoms with Gasteiger partial charge in [-0.3, -0.25) is 4.79 Å². The van der Waals surface area contributed by atoms with E-state index in [1.165, 1.54) is 4.31 Å². The topological polar surface area (TPSA) is 92.5 Å². The first-order valence-corrected chi connectivity index (χ1v) is 8.38. The molecule has 1 heterocycles. The average Bonchev–Trinajstić information content (AvgIpc) is 2.64. The van der Waals surface area contributed by atoms with Crippen LogP contribution in [-0.4, -0.2) is 43.3 Å². The van der Waals surface area contributed by atoms with E-state index in [0.29, 0.717) is 18.0 Å². The van der Waals surface area contributed by atoms with E-state index in [0.717, 1.165) is 5.56 Å². The first kappa shape index (κ1) is 15.9. The molecule has 8 heteroatoms. The summed E-state index contributed by atoms with van der Waals surface area (Å²) in [4.78, 5) is 11.9. The molecule has 1 aliphatic rings. The summed E-state index contributed by atoms with van der Waals surface area (Å²) in [7, 11) is -3.58. The van der Waals surface area contributed by atoms with Crippen LogP contribution in [-0.2, 0) is 21.2 Å². The zero-order valence-electron chi connectivity index (χ0n) is 11.4. The SMILES string of the molecule is NC(=S)Cc1ccc(S(=O)(=O)N2CCNC(=O)CC2)cc1.